The molecule has 5 nitrogen and oxygen atoms in total. The molecule has 0 fully saturated rings. The summed E-state index contributed by atoms with van der Waals surface area (Å²) in [6.07, 6.45) is 4.76. The molecule has 0 saturated carbocycles. The Labute approximate surface area is 98.1 Å². The molecule has 17 heavy (non-hydrogen) atoms. The second-order valence-corrected chi connectivity index (χ2v) is 3.66. The van der Waals surface area contributed by atoms with E-state index >= 15 is 0 Å². The number of hydrogen-bond acceptors (Lipinski definition) is 5. The first-order valence-corrected chi connectivity index (χ1v) is 5.09. The number of nitrogens with zero attached hydrogens (tertiary/aromatic N) is 2. The number of benzene rings is 1. The lowest BCUT2D eigenvalue weighted by molar-refractivity contribution is -0.0133. The largest absolute Gasteiger partial charge is 0.506 e. The second-order valence-electron chi connectivity index (χ2n) is 3.66. The average Bonchev–Trinajstić information content (AvgIpc) is 2.32. The Kier molecular flexibility index (Phi) is 3.03. The van der Waals surface area contributed by atoms with Crippen LogP contribution in [-0.2, 0) is 0 Å². The lowest BCUT2D eigenvalue weighted by Gasteiger charge is -2.24. The molecule has 1 aromatic rings. The maximum atomic E-state index is 9.96. The van der Waals surface area contributed by atoms with Crippen molar-refractivity contribution in [2.75, 3.05) is 0 Å². The van der Waals surface area contributed by atoms with Crippen molar-refractivity contribution in [3.8, 4) is 5.75 Å². The van der Waals surface area contributed by atoms with Crippen molar-refractivity contribution >= 4 is 5.69 Å². The molecule has 0 aliphatic heterocycles. The van der Waals surface area contributed by atoms with Gasteiger partial charge in [-0.05, 0) is 18.2 Å². The Hall–Kier alpha value is -1.98. The van der Waals surface area contributed by atoms with E-state index in [2.05, 4.69) is 10.2 Å². The van der Waals surface area contributed by atoms with E-state index in [1.54, 1.807) is 30.4 Å². The quantitative estimate of drug-likeness (QED) is 0.678. The Bertz CT molecular complexity index is 496. The molecular weight excluding hydrogens is 220 g/mol. The minimum Gasteiger partial charge on any atom is -0.506 e. The third-order valence-corrected chi connectivity index (χ3v) is 2.38. The van der Waals surface area contributed by atoms with Crippen LogP contribution in [0.25, 0.3) is 0 Å². The minimum absolute atomic E-state index is 0.0373. The first-order valence-electron chi connectivity index (χ1n) is 5.09. The van der Waals surface area contributed by atoms with Crippen molar-refractivity contribution in [3.05, 3.63) is 48.6 Å². The first kappa shape index (κ1) is 11.5. The van der Waals surface area contributed by atoms with E-state index in [9.17, 15) is 15.3 Å². The van der Waals surface area contributed by atoms with Crippen LogP contribution in [0.5, 0.6) is 5.75 Å². The Morgan fingerprint density at radius 1 is 1.18 bits per heavy atom. The number of azo groups is 1. The number of phenolic OH excluding ortho intramolecular Hbond substituents is 1. The third kappa shape index (κ3) is 2.41. The van der Waals surface area contributed by atoms with Crippen molar-refractivity contribution in [2.24, 2.45) is 10.2 Å². The van der Waals surface area contributed by atoms with Gasteiger partial charge < -0.3 is 15.3 Å². The molecule has 0 heterocycles. The van der Waals surface area contributed by atoms with Gasteiger partial charge in [0.1, 0.15) is 17.5 Å². The molecule has 5 heteroatoms. The Morgan fingerprint density at radius 2 is 1.94 bits per heavy atom. The summed E-state index contributed by atoms with van der Waals surface area (Å²) < 4.78 is 0. The summed E-state index contributed by atoms with van der Waals surface area (Å²) in [5, 5.41) is 36.4. The average molecular weight is 232 g/mol. The molecule has 2 rings (SSSR count). The number of phenols is 1. The van der Waals surface area contributed by atoms with Crippen LogP contribution < -0.4 is 0 Å². The topological polar surface area (TPSA) is 85.4 Å². The summed E-state index contributed by atoms with van der Waals surface area (Å²) in [4.78, 5) is 0. The number of allylic oxidation sites excluding steroid dienone is 2. The van der Waals surface area contributed by atoms with E-state index in [0.29, 0.717) is 0 Å². The van der Waals surface area contributed by atoms with E-state index < -0.39 is 11.8 Å². The van der Waals surface area contributed by atoms with Crippen molar-refractivity contribution in [1.82, 2.24) is 0 Å². The Balaban J connectivity index is 2.24. The number of para-hydroxylation sites is 1. The third-order valence-electron chi connectivity index (χ3n) is 2.38. The predicted octanol–water partition coefficient (Wildman–Crippen LogP) is 1.65. The van der Waals surface area contributed by atoms with Gasteiger partial charge in [-0.25, -0.2) is 0 Å². The van der Waals surface area contributed by atoms with Gasteiger partial charge in [-0.3, -0.25) is 0 Å². The first-order chi connectivity index (χ1) is 8.12. The van der Waals surface area contributed by atoms with Gasteiger partial charge in [-0.2, -0.15) is 0 Å². The van der Waals surface area contributed by atoms with Crippen molar-refractivity contribution in [1.29, 1.82) is 0 Å². The lowest BCUT2D eigenvalue weighted by atomic mass is 10.0. The second kappa shape index (κ2) is 4.48. The molecular formula is C12H12N2O3. The van der Waals surface area contributed by atoms with Crippen LogP contribution in [0, 0.1) is 0 Å². The van der Waals surface area contributed by atoms with Crippen molar-refractivity contribution in [3.63, 3.8) is 0 Å². The molecule has 0 spiro atoms. The number of aliphatic hydroxyl groups is 2. The molecule has 0 amide bonds. The molecule has 2 atom stereocenters. The fourth-order valence-corrected chi connectivity index (χ4v) is 1.38. The summed E-state index contributed by atoms with van der Waals surface area (Å²) >= 11 is 0. The van der Waals surface area contributed by atoms with Crippen LogP contribution in [0.2, 0.25) is 0 Å². The summed E-state index contributed by atoms with van der Waals surface area (Å²) in [5.74, 6) is -0.0373. The summed E-state index contributed by atoms with van der Waals surface area (Å²) in [7, 11) is 0. The van der Waals surface area contributed by atoms with E-state index in [4.69, 9.17) is 0 Å². The van der Waals surface area contributed by atoms with Gasteiger partial charge in [-0.15, -0.1) is 10.2 Å². The highest BCUT2D eigenvalue weighted by atomic mass is 16.4. The molecule has 0 bridgehead atoms. The number of aromatic hydroxyl groups is 1. The monoisotopic (exact) mass is 232 g/mol. The Morgan fingerprint density at radius 3 is 2.65 bits per heavy atom. The standard InChI is InChI=1S/C12H12N2O3/c15-10-6-2-1-5-9(10)13-14-12(17)8-4-3-7-11(12)16/h1-8,11,15-17H. The highest BCUT2D eigenvalue weighted by Gasteiger charge is 2.32. The predicted molar refractivity (Wildman–Crippen MR) is 61.9 cm³/mol. The molecule has 3 N–H and O–H groups in total. The van der Waals surface area contributed by atoms with Gasteiger partial charge in [0.25, 0.3) is 0 Å². The minimum atomic E-state index is -1.78. The molecule has 2 unspecified atom stereocenters. The molecule has 0 aromatic heterocycles. The zero-order valence-electron chi connectivity index (χ0n) is 8.93. The fraction of sp³-hybridized carbons (Fsp3) is 0.167. The number of hydrogen-bond donors (Lipinski definition) is 3. The molecule has 1 aromatic carbocycles. The smallest absolute Gasteiger partial charge is 0.225 e. The summed E-state index contributed by atoms with van der Waals surface area (Å²) in [6, 6.07) is 6.36. The van der Waals surface area contributed by atoms with Gasteiger partial charge in [0.05, 0.1) is 0 Å². The lowest BCUT2D eigenvalue weighted by Crippen LogP contribution is -2.37. The fourth-order valence-electron chi connectivity index (χ4n) is 1.38. The van der Waals surface area contributed by atoms with E-state index in [1.165, 1.54) is 18.2 Å². The summed E-state index contributed by atoms with van der Waals surface area (Å²) in [5.41, 5.74) is -1.55. The number of rotatable bonds is 2. The van der Waals surface area contributed by atoms with E-state index in [0.717, 1.165) is 0 Å². The van der Waals surface area contributed by atoms with E-state index in [1.807, 2.05) is 0 Å². The van der Waals surface area contributed by atoms with Crippen LogP contribution in [0.15, 0.2) is 58.8 Å². The van der Waals surface area contributed by atoms with Gasteiger partial charge in [0, 0.05) is 0 Å². The number of aliphatic hydroxyl groups excluding tert-OH is 1. The van der Waals surface area contributed by atoms with Gasteiger partial charge in [-0.1, -0.05) is 30.4 Å². The normalized spacial score (nSPS) is 27.8. The molecule has 0 saturated heterocycles. The maximum Gasteiger partial charge on any atom is 0.225 e. The van der Waals surface area contributed by atoms with E-state index in [-0.39, 0.29) is 11.4 Å². The summed E-state index contributed by atoms with van der Waals surface area (Å²) in [6.45, 7) is 0. The molecule has 1 aliphatic rings. The van der Waals surface area contributed by atoms with Gasteiger partial charge in [0.15, 0.2) is 0 Å². The maximum absolute atomic E-state index is 9.96. The van der Waals surface area contributed by atoms with Gasteiger partial charge >= 0.3 is 0 Å². The highest BCUT2D eigenvalue weighted by Crippen LogP contribution is 2.28. The van der Waals surface area contributed by atoms with Crippen LogP contribution in [0.1, 0.15) is 0 Å². The van der Waals surface area contributed by atoms with Gasteiger partial charge in [0.2, 0.25) is 5.72 Å². The zero-order valence-corrected chi connectivity index (χ0v) is 8.93. The molecule has 0 radical (unpaired) electrons. The SMILES string of the molecule is Oc1ccccc1N=NC1(O)C=CC=CC1O. The molecule has 1 aliphatic carbocycles. The van der Waals surface area contributed by atoms with Crippen LogP contribution in [0.3, 0.4) is 0 Å². The van der Waals surface area contributed by atoms with Crippen LogP contribution in [-0.4, -0.2) is 27.1 Å². The zero-order chi connectivity index (χ0) is 12.3. The highest BCUT2D eigenvalue weighted by molar-refractivity contribution is 5.49. The van der Waals surface area contributed by atoms with Crippen molar-refractivity contribution in [2.45, 2.75) is 11.8 Å². The van der Waals surface area contributed by atoms with Crippen molar-refractivity contribution < 1.29 is 15.3 Å². The van der Waals surface area contributed by atoms with Crippen LogP contribution in [0.4, 0.5) is 5.69 Å². The molecule has 88 valence electrons. The van der Waals surface area contributed by atoms with Crippen LogP contribution >= 0.6 is 0 Å².